The fourth-order valence-corrected chi connectivity index (χ4v) is 4.71. The molecule has 0 atom stereocenters. The molecular formula is C23H30BrIN4O2. The van der Waals surface area contributed by atoms with Crippen LogP contribution in [0.5, 0.6) is 0 Å². The number of aliphatic hydroxyl groups excluding tert-OH is 1. The number of β-amino-alcohol motifs (C(OH)–C–C–N with tert-alkyl or cyclic N) is 1. The molecule has 6 nitrogen and oxygen atoms in total. The van der Waals surface area contributed by atoms with Gasteiger partial charge in [0, 0.05) is 53.0 Å². The molecule has 1 fully saturated rings. The molecule has 0 aromatic heterocycles. The summed E-state index contributed by atoms with van der Waals surface area (Å²) < 4.78 is 2.06. The molecule has 0 saturated carbocycles. The van der Waals surface area contributed by atoms with Crippen LogP contribution in [0.2, 0.25) is 0 Å². The van der Waals surface area contributed by atoms with Gasteiger partial charge in [-0.1, -0.05) is 15.9 Å². The van der Waals surface area contributed by atoms with E-state index < -0.39 is 0 Å². The van der Waals surface area contributed by atoms with Gasteiger partial charge in [-0.25, -0.2) is 0 Å². The Hall–Kier alpha value is -1.20. The van der Waals surface area contributed by atoms with Crippen molar-refractivity contribution in [2.45, 2.75) is 13.3 Å². The van der Waals surface area contributed by atoms with Crippen LogP contribution in [0, 0.1) is 10.5 Å². The number of nitrogens with zero attached hydrogens (tertiary/aromatic N) is 2. The zero-order chi connectivity index (χ0) is 22.2. The number of aliphatic hydroxyl groups is 1. The summed E-state index contributed by atoms with van der Waals surface area (Å²) in [6.45, 7) is 8.69. The Kier molecular flexibility index (Phi) is 9.58. The molecule has 0 radical (unpaired) electrons. The second-order valence-corrected chi connectivity index (χ2v) is 9.95. The molecule has 3 rings (SSSR count). The van der Waals surface area contributed by atoms with Gasteiger partial charge in [0.25, 0.3) is 5.91 Å². The van der Waals surface area contributed by atoms with Crippen LogP contribution in [0.15, 0.2) is 40.9 Å². The van der Waals surface area contributed by atoms with E-state index in [-0.39, 0.29) is 12.5 Å². The van der Waals surface area contributed by atoms with Gasteiger partial charge < -0.3 is 20.6 Å². The van der Waals surface area contributed by atoms with Gasteiger partial charge in [-0.05, 0) is 84.4 Å². The predicted molar refractivity (Wildman–Crippen MR) is 138 cm³/mol. The van der Waals surface area contributed by atoms with Crippen LogP contribution in [-0.4, -0.2) is 73.2 Å². The van der Waals surface area contributed by atoms with Crippen molar-refractivity contribution in [3.63, 3.8) is 0 Å². The fraction of sp³-hybridized carbons (Fsp3) is 0.435. The van der Waals surface area contributed by atoms with Crippen molar-refractivity contribution < 1.29 is 9.90 Å². The van der Waals surface area contributed by atoms with Crippen molar-refractivity contribution >= 4 is 55.8 Å². The standard InChI is InChI=1S/C23H30BrIN4O2/c1-17-15-19(25)4-6-21(17)27-22-5-3-18(24)16-20(22)23(31)26-7-2-8-28-9-11-29(12-10-28)13-14-30/h3-6,15-16,27,30H,2,7-14H2,1H3,(H,26,31). The van der Waals surface area contributed by atoms with Gasteiger partial charge in [-0.2, -0.15) is 0 Å². The third-order valence-electron chi connectivity index (χ3n) is 5.50. The highest BCUT2D eigenvalue weighted by Crippen LogP contribution is 2.27. The van der Waals surface area contributed by atoms with Crippen molar-refractivity contribution in [3.05, 3.63) is 55.6 Å². The van der Waals surface area contributed by atoms with E-state index >= 15 is 0 Å². The molecule has 0 aliphatic carbocycles. The number of benzene rings is 2. The van der Waals surface area contributed by atoms with Crippen LogP contribution in [0.1, 0.15) is 22.3 Å². The van der Waals surface area contributed by atoms with E-state index in [2.05, 4.69) is 78.0 Å². The number of hydrogen-bond donors (Lipinski definition) is 3. The summed E-state index contributed by atoms with van der Waals surface area (Å²) >= 11 is 5.79. The average Bonchev–Trinajstić information content (AvgIpc) is 2.75. The molecule has 3 N–H and O–H groups in total. The largest absolute Gasteiger partial charge is 0.395 e. The van der Waals surface area contributed by atoms with Crippen LogP contribution >= 0.6 is 38.5 Å². The molecule has 168 valence electrons. The van der Waals surface area contributed by atoms with E-state index in [4.69, 9.17) is 5.11 Å². The fourth-order valence-electron chi connectivity index (χ4n) is 3.70. The van der Waals surface area contributed by atoms with Gasteiger partial charge in [0.05, 0.1) is 17.9 Å². The van der Waals surface area contributed by atoms with E-state index in [9.17, 15) is 4.79 Å². The molecular weight excluding hydrogens is 571 g/mol. The van der Waals surface area contributed by atoms with Gasteiger partial charge in [0.1, 0.15) is 0 Å². The smallest absolute Gasteiger partial charge is 0.253 e. The van der Waals surface area contributed by atoms with Gasteiger partial charge in [-0.3, -0.25) is 9.69 Å². The van der Waals surface area contributed by atoms with Crippen LogP contribution in [0.3, 0.4) is 0 Å². The molecule has 1 heterocycles. The summed E-state index contributed by atoms with van der Waals surface area (Å²) in [4.78, 5) is 17.6. The number of halogens is 2. The number of amides is 1. The highest BCUT2D eigenvalue weighted by atomic mass is 127. The number of aryl methyl sites for hydroxylation is 1. The third kappa shape index (κ3) is 7.42. The van der Waals surface area contributed by atoms with Gasteiger partial charge >= 0.3 is 0 Å². The van der Waals surface area contributed by atoms with E-state index in [1.807, 2.05) is 24.3 Å². The quantitative estimate of drug-likeness (QED) is 0.302. The summed E-state index contributed by atoms with van der Waals surface area (Å²) in [5, 5.41) is 15.5. The average molecular weight is 601 g/mol. The number of piperazine rings is 1. The lowest BCUT2D eigenvalue weighted by Gasteiger charge is -2.34. The summed E-state index contributed by atoms with van der Waals surface area (Å²) in [6, 6.07) is 11.9. The number of carbonyl (C=O) groups excluding carboxylic acids is 1. The Morgan fingerprint density at radius 3 is 2.42 bits per heavy atom. The molecule has 2 aromatic carbocycles. The summed E-state index contributed by atoms with van der Waals surface area (Å²) in [5.41, 5.74) is 3.56. The monoisotopic (exact) mass is 600 g/mol. The number of anilines is 2. The normalized spacial score (nSPS) is 15.1. The van der Waals surface area contributed by atoms with E-state index in [1.165, 1.54) is 3.57 Å². The summed E-state index contributed by atoms with van der Waals surface area (Å²) in [5.74, 6) is -0.0697. The SMILES string of the molecule is Cc1cc(I)ccc1Nc1ccc(Br)cc1C(=O)NCCCN1CCN(CCO)CC1. The summed E-state index contributed by atoms with van der Waals surface area (Å²) in [6.07, 6.45) is 0.915. The van der Waals surface area contributed by atoms with Crippen LogP contribution in [0.25, 0.3) is 0 Å². The second kappa shape index (κ2) is 12.2. The first-order chi connectivity index (χ1) is 15.0. The highest BCUT2D eigenvalue weighted by molar-refractivity contribution is 14.1. The minimum Gasteiger partial charge on any atom is -0.395 e. The molecule has 0 spiro atoms. The molecule has 1 saturated heterocycles. The van der Waals surface area contributed by atoms with Crippen LogP contribution < -0.4 is 10.6 Å². The predicted octanol–water partition coefficient (Wildman–Crippen LogP) is 3.84. The molecule has 8 heteroatoms. The number of carbonyl (C=O) groups is 1. The van der Waals surface area contributed by atoms with Crippen LogP contribution in [0.4, 0.5) is 11.4 Å². The van der Waals surface area contributed by atoms with Crippen molar-refractivity contribution in [1.82, 2.24) is 15.1 Å². The molecule has 1 aliphatic rings. The number of hydrogen-bond acceptors (Lipinski definition) is 5. The Morgan fingerprint density at radius 1 is 1.06 bits per heavy atom. The lowest BCUT2D eigenvalue weighted by Crippen LogP contribution is -2.47. The lowest BCUT2D eigenvalue weighted by molar-refractivity contribution is 0.0945. The van der Waals surface area contributed by atoms with Gasteiger partial charge in [0.2, 0.25) is 0 Å². The number of rotatable bonds is 9. The second-order valence-electron chi connectivity index (χ2n) is 7.79. The Balaban J connectivity index is 1.52. The third-order valence-corrected chi connectivity index (χ3v) is 6.67. The minimum atomic E-state index is -0.0697. The Labute approximate surface area is 206 Å². The van der Waals surface area contributed by atoms with Crippen molar-refractivity contribution in [2.75, 3.05) is 57.7 Å². The van der Waals surface area contributed by atoms with Crippen LogP contribution in [-0.2, 0) is 0 Å². The first-order valence-corrected chi connectivity index (χ1v) is 12.5. The molecule has 0 bridgehead atoms. The maximum Gasteiger partial charge on any atom is 0.253 e. The summed E-state index contributed by atoms with van der Waals surface area (Å²) in [7, 11) is 0. The van der Waals surface area contributed by atoms with Crippen molar-refractivity contribution in [1.29, 1.82) is 0 Å². The molecule has 31 heavy (non-hydrogen) atoms. The molecule has 0 unspecified atom stereocenters. The highest BCUT2D eigenvalue weighted by Gasteiger charge is 2.16. The minimum absolute atomic E-state index is 0.0697. The maximum atomic E-state index is 12.9. The molecule has 2 aromatic rings. The van der Waals surface area contributed by atoms with E-state index in [0.717, 1.165) is 67.1 Å². The van der Waals surface area contributed by atoms with E-state index in [1.54, 1.807) is 0 Å². The number of nitrogens with one attached hydrogen (secondary N) is 2. The topological polar surface area (TPSA) is 67.8 Å². The zero-order valence-electron chi connectivity index (χ0n) is 17.8. The lowest BCUT2D eigenvalue weighted by atomic mass is 10.1. The molecule has 1 amide bonds. The van der Waals surface area contributed by atoms with Crippen molar-refractivity contribution in [3.8, 4) is 0 Å². The maximum absolute atomic E-state index is 12.9. The first kappa shape index (κ1) is 24.4. The van der Waals surface area contributed by atoms with Gasteiger partial charge in [0.15, 0.2) is 0 Å². The zero-order valence-corrected chi connectivity index (χ0v) is 21.6. The molecule has 1 aliphatic heterocycles. The van der Waals surface area contributed by atoms with Gasteiger partial charge in [-0.15, -0.1) is 0 Å². The Morgan fingerprint density at radius 2 is 1.74 bits per heavy atom. The first-order valence-electron chi connectivity index (χ1n) is 10.6. The van der Waals surface area contributed by atoms with E-state index in [0.29, 0.717) is 12.1 Å². The van der Waals surface area contributed by atoms with Crippen molar-refractivity contribution in [2.24, 2.45) is 0 Å². The Bertz CT molecular complexity index is 888.